The largest absolute Gasteiger partial charge is 0.324 e. The lowest BCUT2D eigenvalue weighted by molar-refractivity contribution is -0.385. The molecule has 164 valence electrons. The van der Waals surface area contributed by atoms with Gasteiger partial charge in [0.05, 0.1) is 27.7 Å². The molecule has 0 saturated carbocycles. The van der Waals surface area contributed by atoms with E-state index in [1.807, 2.05) is 0 Å². The van der Waals surface area contributed by atoms with Crippen LogP contribution in [0.2, 0.25) is 0 Å². The van der Waals surface area contributed by atoms with E-state index < -0.39 is 33.4 Å². The molecule has 0 aromatic heterocycles. The predicted octanol–water partition coefficient (Wildman–Crippen LogP) is 2.29. The number of fused-ring (bicyclic) bond motifs is 1. The van der Waals surface area contributed by atoms with Crippen molar-refractivity contribution in [2.75, 3.05) is 23.8 Å². The molecule has 31 heavy (non-hydrogen) atoms. The molecule has 0 fully saturated rings. The van der Waals surface area contributed by atoms with Gasteiger partial charge >= 0.3 is 0 Å². The summed E-state index contributed by atoms with van der Waals surface area (Å²) in [5.74, 6) is -0.769. The molecule has 1 atom stereocenters. The average molecular weight is 446 g/mol. The Labute approximate surface area is 179 Å². The van der Waals surface area contributed by atoms with E-state index in [0.717, 1.165) is 4.31 Å². The fraction of sp³-hybridized carbons (Fsp3) is 0.300. The van der Waals surface area contributed by atoms with Gasteiger partial charge in [0.1, 0.15) is 0 Å². The number of nitro groups is 1. The van der Waals surface area contributed by atoms with Crippen LogP contribution in [0.4, 0.5) is 17.1 Å². The van der Waals surface area contributed by atoms with Gasteiger partial charge in [-0.25, -0.2) is 8.42 Å². The SMILES string of the molecule is Cc1c([N+](=O)[O-])cccc1S(=O)(=O)N(C)CC(=O)N1c2ccccc2NC(=O)C[C@@H]1C. The molecular weight excluding hydrogens is 424 g/mol. The van der Waals surface area contributed by atoms with Crippen molar-refractivity contribution in [3.8, 4) is 0 Å². The van der Waals surface area contributed by atoms with Gasteiger partial charge in [-0.3, -0.25) is 19.7 Å². The molecule has 10 nitrogen and oxygen atoms in total. The summed E-state index contributed by atoms with van der Waals surface area (Å²) in [5.41, 5.74) is 0.615. The fourth-order valence-corrected chi connectivity index (χ4v) is 4.93. The molecule has 1 aliphatic heterocycles. The number of nitrogens with one attached hydrogen (secondary N) is 1. The zero-order chi connectivity index (χ0) is 22.9. The highest BCUT2D eigenvalue weighted by Crippen LogP contribution is 2.32. The Morgan fingerprint density at radius 2 is 1.94 bits per heavy atom. The summed E-state index contributed by atoms with van der Waals surface area (Å²) in [4.78, 5) is 36.9. The molecular formula is C20H22N4O6S. The Morgan fingerprint density at radius 1 is 1.26 bits per heavy atom. The lowest BCUT2D eigenvalue weighted by Crippen LogP contribution is -2.45. The summed E-state index contributed by atoms with van der Waals surface area (Å²) in [6.45, 7) is 2.56. The summed E-state index contributed by atoms with van der Waals surface area (Å²) < 4.78 is 27.0. The quantitative estimate of drug-likeness (QED) is 0.554. The first-order chi connectivity index (χ1) is 14.5. The number of hydrogen-bond donors (Lipinski definition) is 1. The number of sulfonamides is 1. The molecule has 2 aromatic rings. The number of likely N-dealkylation sites (N-methyl/N-ethyl adjacent to an activating group) is 1. The van der Waals surface area contributed by atoms with Crippen molar-refractivity contribution >= 4 is 38.9 Å². The number of amides is 2. The van der Waals surface area contributed by atoms with Crippen LogP contribution in [-0.2, 0) is 19.6 Å². The van der Waals surface area contributed by atoms with E-state index >= 15 is 0 Å². The average Bonchev–Trinajstić information content (AvgIpc) is 2.81. The second-order valence-electron chi connectivity index (χ2n) is 7.30. The third kappa shape index (κ3) is 4.28. The van der Waals surface area contributed by atoms with Crippen molar-refractivity contribution in [1.82, 2.24) is 4.31 Å². The van der Waals surface area contributed by atoms with Gasteiger partial charge in [-0.05, 0) is 32.0 Å². The maximum absolute atomic E-state index is 13.2. The van der Waals surface area contributed by atoms with Gasteiger partial charge in [-0.1, -0.05) is 18.2 Å². The third-order valence-electron chi connectivity index (χ3n) is 5.13. The molecule has 1 aliphatic rings. The zero-order valence-electron chi connectivity index (χ0n) is 17.2. The van der Waals surface area contributed by atoms with E-state index in [4.69, 9.17) is 0 Å². The van der Waals surface area contributed by atoms with Crippen LogP contribution in [0, 0.1) is 17.0 Å². The lowest BCUT2D eigenvalue weighted by atomic mass is 10.1. The summed E-state index contributed by atoms with van der Waals surface area (Å²) in [5, 5.41) is 13.9. The Balaban J connectivity index is 1.92. The molecule has 2 amide bonds. The molecule has 0 spiro atoms. The summed E-state index contributed by atoms with van der Waals surface area (Å²) >= 11 is 0. The van der Waals surface area contributed by atoms with Gasteiger partial charge in [0.2, 0.25) is 21.8 Å². The van der Waals surface area contributed by atoms with E-state index in [0.29, 0.717) is 11.4 Å². The lowest BCUT2D eigenvalue weighted by Gasteiger charge is -2.29. The van der Waals surface area contributed by atoms with Crippen LogP contribution >= 0.6 is 0 Å². The van der Waals surface area contributed by atoms with Crippen LogP contribution in [0.25, 0.3) is 0 Å². The zero-order valence-corrected chi connectivity index (χ0v) is 18.0. The van der Waals surface area contributed by atoms with E-state index in [1.165, 1.54) is 37.1 Å². The van der Waals surface area contributed by atoms with Crippen LogP contribution in [0.1, 0.15) is 18.9 Å². The number of carbonyl (C=O) groups excluding carboxylic acids is 2. The number of nitrogens with zero attached hydrogens (tertiary/aromatic N) is 3. The molecule has 0 unspecified atom stereocenters. The summed E-state index contributed by atoms with van der Waals surface area (Å²) in [6, 6.07) is 10.1. The van der Waals surface area contributed by atoms with Crippen molar-refractivity contribution in [3.05, 3.63) is 58.1 Å². The second-order valence-corrected chi connectivity index (χ2v) is 9.31. The maximum Gasteiger partial charge on any atom is 0.273 e. The minimum absolute atomic E-state index is 0.00455. The normalized spacial score (nSPS) is 16.5. The van der Waals surface area contributed by atoms with Gasteiger partial charge in [0.15, 0.2) is 0 Å². The molecule has 1 N–H and O–H groups in total. The Kier molecular flexibility index (Phi) is 6.09. The molecule has 11 heteroatoms. The molecule has 2 aromatic carbocycles. The Hall–Kier alpha value is -3.31. The number of rotatable bonds is 5. The van der Waals surface area contributed by atoms with Gasteiger partial charge in [0, 0.05) is 31.1 Å². The molecule has 0 bridgehead atoms. The second kappa shape index (κ2) is 8.44. The molecule has 0 saturated heterocycles. The monoisotopic (exact) mass is 446 g/mol. The van der Waals surface area contributed by atoms with Crippen LogP contribution < -0.4 is 10.2 Å². The number of anilines is 2. The molecule has 0 radical (unpaired) electrons. The van der Waals surface area contributed by atoms with Crippen molar-refractivity contribution in [1.29, 1.82) is 0 Å². The number of carbonyl (C=O) groups is 2. The minimum Gasteiger partial charge on any atom is -0.324 e. The Bertz CT molecular complexity index is 1160. The third-order valence-corrected chi connectivity index (χ3v) is 7.07. The van der Waals surface area contributed by atoms with Crippen molar-refractivity contribution in [2.24, 2.45) is 0 Å². The van der Waals surface area contributed by atoms with Crippen molar-refractivity contribution < 1.29 is 22.9 Å². The topological polar surface area (TPSA) is 130 Å². The molecule has 3 rings (SSSR count). The first-order valence-corrected chi connectivity index (χ1v) is 10.9. The minimum atomic E-state index is -4.18. The predicted molar refractivity (Wildman–Crippen MR) is 114 cm³/mol. The van der Waals surface area contributed by atoms with Crippen molar-refractivity contribution in [2.45, 2.75) is 31.2 Å². The number of benzene rings is 2. The summed E-state index contributed by atoms with van der Waals surface area (Å²) in [6.07, 6.45) is 0.0564. The van der Waals surface area contributed by atoms with Crippen LogP contribution in [0.15, 0.2) is 47.4 Å². The highest BCUT2D eigenvalue weighted by Gasteiger charge is 2.33. The number of nitro benzene ring substituents is 1. The number of para-hydroxylation sites is 2. The highest BCUT2D eigenvalue weighted by atomic mass is 32.2. The van der Waals surface area contributed by atoms with Crippen LogP contribution in [0.3, 0.4) is 0 Å². The highest BCUT2D eigenvalue weighted by molar-refractivity contribution is 7.89. The van der Waals surface area contributed by atoms with E-state index in [9.17, 15) is 28.1 Å². The smallest absolute Gasteiger partial charge is 0.273 e. The standard InChI is InChI=1S/C20H22N4O6S/c1-13-11-19(25)21-15-7-4-5-8-17(15)23(13)20(26)12-22(3)31(29,30)18-10-6-9-16(14(18)2)24(27)28/h4-10,13H,11-12H2,1-3H3,(H,21,25)/t13-/m0/s1. The van der Waals surface area contributed by atoms with E-state index in [-0.39, 0.29) is 28.5 Å². The van der Waals surface area contributed by atoms with Gasteiger partial charge in [-0.15, -0.1) is 0 Å². The number of hydrogen-bond acceptors (Lipinski definition) is 6. The van der Waals surface area contributed by atoms with Crippen molar-refractivity contribution in [3.63, 3.8) is 0 Å². The van der Waals surface area contributed by atoms with Gasteiger partial charge in [-0.2, -0.15) is 4.31 Å². The maximum atomic E-state index is 13.2. The first kappa shape index (κ1) is 22.4. The van der Waals surface area contributed by atoms with E-state index in [2.05, 4.69) is 5.32 Å². The molecule has 1 heterocycles. The van der Waals surface area contributed by atoms with Gasteiger partial charge in [0.25, 0.3) is 5.69 Å². The summed E-state index contributed by atoms with van der Waals surface area (Å²) in [7, 11) is -2.94. The first-order valence-electron chi connectivity index (χ1n) is 9.45. The van der Waals surface area contributed by atoms with E-state index in [1.54, 1.807) is 31.2 Å². The fourth-order valence-electron chi connectivity index (χ4n) is 3.57. The Morgan fingerprint density at radius 3 is 2.61 bits per heavy atom. The van der Waals surface area contributed by atoms with Crippen LogP contribution in [0.5, 0.6) is 0 Å². The molecule has 0 aliphatic carbocycles. The van der Waals surface area contributed by atoms with Gasteiger partial charge < -0.3 is 10.2 Å². The van der Waals surface area contributed by atoms with Crippen LogP contribution in [-0.4, -0.2) is 49.1 Å².